The number of carbonyl (C=O) groups is 2. The fraction of sp³-hybridized carbons (Fsp3) is 0.267. The van der Waals surface area contributed by atoms with Crippen LogP contribution >= 0.6 is 11.6 Å². The van der Waals surface area contributed by atoms with Crippen LogP contribution in [-0.4, -0.2) is 30.1 Å². The average molecular weight is 520 g/mol. The van der Waals surface area contributed by atoms with Gasteiger partial charge in [-0.1, -0.05) is 49.7 Å². The molecule has 4 rings (SSSR count). The summed E-state index contributed by atoms with van der Waals surface area (Å²) in [5, 5.41) is 1.23. The van der Waals surface area contributed by atoms with Gasteiger partial charge in [0.05, 0.1) is 25.2 Å². The largest absolute Gasteiger partial charge is 0.466 e. The van der Waals surface area contributed by atoms with Crippen molar-refractivity contribution < 1.29 is 23.8 Å². The first-order valence-corrected chi connectivity index (χ1v) is 12.7. The smallest absolute Gasteiger partial charge is 0.340 e. The second kappa shape index (κ2) is 11.5. The maximum absolute atomic E-state index is 13.3. The minimum Gasteiger partial charge on any atom is -0.466 e. The van der Waals surface area contributed by atoms with Gasteiger partial charge in [0, 0.05) is 27.2 Å². The summed E-state index contributed by atoms with van der Waals surface area (Å²) in [7, 11) is 0. The molecule has 1 heterocycles. The number of fused-ring (bicyclic) bond motifs is 1. The number of hydrogen-bond acceptors (Lipinski definition) is 5. The molecule has 0 spiro atoms. The quantitative estimate of drug-likeness (QED) is 0.229. The van der Waals surface area contributed by atoms with Crippen molar-refractivity contribution in [1.82, 2.24) is 4.98 Å². The Hall–Kier alpha value is -3.77. The van der Waals surface area contributed by atoms with Gasteiger partial charge in [0.2, 0.25) is 0 Å². The molecule has 7 heteroatoms. The van der Waals surface area contributed by atoms with Crippen LogP contribution < -0.4 is 4.74 Å². The van der Waals surface area contributed by atoms with E-state index in [4.69, 9.17) is 25.8 Å². The first-order chi connectivity index (χ1) is 17.8. The van der Waals surface area contributed by atoms with Crippen molar-refractivity contribution in [1.29, 1.82) is 0 Å². The van der Waals surface area contributed by atoms with Gasteiger partial charge in [-0.05, 0) is 67.3 Å². The predicted octanol–water partition coefficient (Wildman–Crippen LogP) is 7.69. The Morgan fingerprint density at radius 1 is 0.892 bits per heavy atom. The molecule has 4 aromatic rings. The second-order valence-electron chi connectivity index (χ2n) is 8.87. The molecule has 192 valence electrons. The first-order valence-electron chi connectivity index (χ1n) is 12.4. The summed E-state index contributed by atoms with van der Waals surface area (Å²) in [4.78, 5) is 28.9. The van der Waals surface area contributed by atoms with Gasteiger partial charge < -0.3 is 19.2 Å². The van der Waals surface area contributed by atoms with E-state index in [9.17, 15) is 9.59 Å². The van der Waals surface area contributed by atoms with Crippen molar-refractivity contribution in [2.24, 2.45) is 0 Å². The summed E-state index contributed by atoms with van der Waals surface area (Å²) in [5.74, 6) is 0.577. The van der Waals surface area contributed by atoms with Crippen molar-refractivity contribution in [3.8, 4) is 22.6 Å². The first kappa shape index (κ1) is 26.3. The molecule has 1 N–H and O–H groups in total. The molecular weight excluding hydrogens is 490 g/mol. The van der Waals surface area contributed by atoms with Crippen LogP contribution in [0.2, 0.25) is 5.02 Å². The van der Waals surface area contributed by atoms with E-state index in [0.29, 0.717) is 44.6 Å². The Labute approximate surface area is 221 Å². The standard InChI is InChI=1S/C30H30ClNO5/c1-5-35-26(33)17-24-29(30(34)36-6-2)28-23(32-24)15-16-25(37-22-13-11-21(31)12-14-22)27(28)20-9-7-19(8-10-20)18(3)4/h7-16,18,32H,5-6,17H2,1-4H3. The van der Waals surface area contributed by atoms with Crippen molar-refractivity contribution in [3.63, 3.8) is 0 Å². The topological polar surface area (TPSA) is 77.6 Å². The third-order valence-electron chi connectivity index (χ3n) is 6.02. The highest BCUT2D eigenvalue weighted by Gasteiger charge is 2.26. The lowest BCUT2D eigenvalue weighted by Gasteiger charge is -2.15. The SMILES string of the molecule is CCOC(=O)Cc1[nH]c2ccc(Oc3ccc(Cl)cc3)c(-c3ccc(C(C)C)cc3)c2c1C(=O)OCC. The molecule has 0 aliphatic carbocycles. The summed E-state index contributed by atoms with van der Waals surface area (Å²) in [6, 6.07) is 18.9. The van der Waals surface area contributed by atoms with Gasteiger partial charge in [0.25, 0.3) is 0 Å². The fourth-order valence-corrected chi connectivity index (χ4v) is 4.40. The van der Waals surface area contributed by atoms with E-state index in [1.807, 2.05) is 24.3 Å². The molecule has 6 nitrogen and oxygen atoms in total. The van der Waals surface area contributed by atoms with E-state index in [1.165, 1.54) is 5.56 Å². The van der Waals surface area contributed by atoms with Crippen LogP contribution in [-0.2, 0) is 20.7 Å². The normalized spacial score (nSPS) is 11.1. The second-order valence-corrected chi connectivity index (χ2v) is 9.31. The average Bonchev–Trinajstić information content (AvgIpc) is 3.23. The highest BCUT2D eigenvalue weighted by molar-refractivity contribution is 6.30. The predicted molar refractivity (Wildman–Crippen MR) is 146 cm³/mol. The van der Waals surface area contributed by atoms with Crippen LogP contribution in [0.25, 0.3) is 22.0 Å². The van der Waals surface area contributed by atoms with Crippen LogP contribution in [0.5, 0.6) is 11.5 Å². The number of hydrogen-bond donors (Lipinski definition) is 1. The van der Waals surface area contributed by atoms with Crippen LogP contribution in [0.15, 0.2) is 60.7 Å². The molecule has 0 aliphatic heterocycles. The van der Waals surface area contributed by atoms with E-state index < -0.39 is 11.9 Å². The molecule has 0 unspecified atom stereocenters. The number of ether oxygens (including phenoxy) is 3. The number of nitrogens with one attached hydrogen (secondary N) is 1. The molecule has 0 radical (unpaired) electrons. The molecule has 0 fully saturated rings. The molecule has 0 saturated heterocycles. The van der Waals surface area contributed by atoms with Gasteiger partial charge in [0.15, 0.2) is 0 Å². The minimum absolute atomic E-state index is 0.0875. The van der Waals surface area contributed by atoms with E-state index in [2.05, 4.69) is 31.0 Å². The third-order valence-corrected chi connectivity index (χ3v) is 6.27. The van der Waals surface area contributed by atoms with Crippen LogP contribution in [0.1, 0.15) is 55.2 Å². The lowest BCUT2D eigenvalue weighted by Crippen LogP contribution is -2.13. The number of benzene rings is 3. The van der Waals surface area contributed by atoms with E-state index in [-0.39, 0.29) is 19.6 Å². The van der Waals surface area contributed by atoms with Gasteiger partial charge in [-0.25, -0.2) is 4.79 Å². The van der Waals surface area contributed by atoms with Gasteiger partial charge in [-0.2, -0.15) is 0 Å². The number of halogens is 1. The number of H-pyrrole nitrogens is 1. The summed E-state index contributed by atoms with van der Waals surface area (Å²) >= 11 is 6.06. The molecule has 3 aromatic carbocycles. The van der Waals surface area contributed by atoms with Crippen molar-refractivity contribution in [2.45, 2.75) is 40.0 Å². The zero-order valence-corrected chi connectivity index (χ0v) is 22.1. The van der Waals surface area contributed by atoms with Crippen LogP contribution in [0.4, 0.5) is 0 Å². The molecular formula is C30H30ClNO5. The number of rotatable bonds is 9. The van der Waals surface area contributed by atoms with Gasteiger partial charge in [0.1, 0.15) is 11.5 Å². The van der Waals surface area contributed by atoms with Crippen LogP contribution in [0.3, 0.4) is 0 Å². The molecule has 1 aromatic heterocycles. The van der Waals surface area contributed by atoms with Crippen LogP contribution in [0, 0.1) is 0 Å². The minimum atomic E-state index is -0.517. The summed E-state index contributed by atoms with van der Waals surface area (Å²) < 4.78 is 16.9. The Bertz CT molecular complexity index is 1400. The van der Waals surface area contributed by atoms with Crippen molar-refractivity contribution >= 4 is 34.4 Å². The van der Waals surface area contributed by atoms with Gasteiger partial charge in [-0.15, -0.1) is 0 Å². The molecule has 0 aliphatic rings. The fourth-order valence-electron chi connectivity index (χ4n) is 4.28. The monoisotopic (exact) mass is 519 g/mol. The lowest BCUT2D eigenvalue weighted by atomic mass is 9.94. The lowest BCUT2D eigenvalue weighted by molar-refractivity contribution is -0.142. The van der Waals surface area contributed by atoms with E-state index >= 15 is 0 Å². The number of esters is 2. The molecule has 0 saturated carbocycles. The van der Waals surface area contributed by atoms with E-state index in [1.54, 1.807) is 38.1 Å². The zero-order chi connectivity index (χ0) is 26.5. The molecule has 0 bridgehead atoms. The highest BCUT2D eigenvalue weighted by Crippen LogP contribution is 2.42. The number of carbonyl (C=O) groups excluding carboxylic acids is 2. The molecule has 0 amide bonds. The maximum Gasteiger partial charge on any atom is 0.340 e. The number of aromatic nitrogens is 1. The summed E-state index contributed by atoms with van der Waals surface area (Å²) in [6.45, 7) is 8.21. The van der Waals surface area contributed by atoms with E-state index in [0.717, 1.165) is 11.1 Å². The van der Waals surface area contributed by atoms with Crippen molar-refractivity contribution in [3.05, 3.63) is 82.5 Å². The van der Waals surface area contributed by atoms with Gasteiger partial charge >= 0.3 is 11.9 Å². The van der Waals surface area contributed by atoms with Crippen molar-refractivity contribution in [2.75, 3.05) is 13.2 Å². The Balaban J connectivity index is 1.97. The Morgan fingerprint density at radius 2 is 1.57 bits per heavy atom. The zero-order valence-electron chi connectivity index (χ0n) is 21.4. The molecule has 0 atom stereocenters. The maximum atomic E-state index is 13.3. The Kier molecular flexibility index (Phi) is 8.19. The summed E-state index contributed by atoms with van der Waals surface area (Å²) in [5.41, 5.74) is 4.21. The van der Waals surface area contributed by atoms with Gasteiger partial charge in [-0.3, -0.25) is 4.79 Å². The number of aromatic amines is 1. The third kappa shape index (κ3) is 5.81. The molecule has 37 heavy (non-hydrogen) atoms. The summed E-state index contributed by atoms with van der Waals surface area (Å²) in [6.07, 6.45) is -0.0875. The highest BCUT2D eigenvalue weighted by atomic mass is 35.5. The Morgan fingerprint density at radius 3 is 2.19 bits per heavy atom.